The summed E-state index contributed by atoms with van der Waals surface area (Å²) in [6, 6.07) is 14.9. The van der Waals surface area contributed by atoms with E-state index in [0.29, 0.717) is 5.02 Å². The van der Waals surface area contributed by atoms with Gasteiger partial charge in [-0.15, -0.1) is 0 Å². The first-order chi connectivity index (χ1) is 9.24. The van der Waals surface area contributed by atoms with Crippen LogP contribution in [0.25, 0.3) is 11.0 Å². The van der Waals surface area contributed by atoms with E-state index in [1.54, 1.807) is 6.20 Å². The van der Waals surface area contributed by atoms with Crippen LogP contribution < -0.4 is 5.73 Å². The molecule has 3 rings (SSSR count). The van der Waals surface area contributed by atoms with Crippen molar-refractivity contribution in [2.24, 2.45) is 5.73 Å². The molecule has 0 radical (unpaired) electrons. The third-order valence-corrected chi connectivity index (χ3v) is 3.23. The van der Waals surface area contributed by atoms with Gasteiger partial charge in [-0.2, -0.15) is 0 Å². The van der Waals surface area contributed by atoms with Gasteiger partial charge in [0.25, 0.3) is 0 Å². The number of aromatic nitrogens is 2. The molecule has 19 heavy (non-hydrogen) atoms. The average Bonchev–Trinajstić information content (AvgIpc) is 2.46. The fraction of sp³-hybridized carbons (Fsp3) is 0.0667. The number of hydrogen-bond acceptors (Lipinski definition) is 3. The second-order valence-electron chi connectivity index (χ2n) is 4.32. The normalized spacial score (nSPS) is 12.5. The van der Waals surface area contributed by atoms with Gasteiger partial charge < -0.3 is 5.73 Å². The van der Waals surface area contributed by atoms with Crippen molar-refractivity contribution in [2.45, 2.75) is 6.04 Å². The summed E-state index contributed by atoms with van der Waals surface area (Å²) < 4.78 is 0. The first-order valence-corrected chi connectivity index (χ1v) is 6.34. The molecule has 0 aliphatic heterocycles. The van der Waals surface area contributed by atoms with E-state index < -0.39 is 0 Å². The molecule has 0 saturated carbocycles. The zero-order chi connectivity index (χ0) is 13.2. The molecule has 0 amide bonds. The highest BCUT2D eigenvalue weighted by atomic mass is 35.5. The summed E-state index contributed by atoms with van der Waals surface area (Å²) in [7, 11) is 0. The second kappa shape index (κ2) is 4.96. The molecule has 0 saturated heterocycles. The predicted octanol–water partition coefficient (Wildman–Crippen LogP) is 3.33. The summed E-state index contributed by atoms with van der Waals surface area (Å²) in [5.74, 6) is 0. The third-order valence-electron chi connectivity index (χ3n) is 2.99. The zero-order valence-corrected chi connectivity index (χ0v) is 10.9. The Morgan fingerprint density at radius 2 is 1.79 bits per heavy atom. The summed E-state index contributed by atoms with van der Waals surface area (Å²) >= 11 is 5.98. The summed E-state index contributed by atoms with van der Waals surface area (Å²) in [5.41, 5.74) is 9.59. The van der Waals surface area contributed by atoms with Crippen LogP contribution in [0.15, 0.2) is 54.7 Å². The van der Waals surface area contributed by atoms with E-state index in [4.69, 9.17) is 17.3 Å². The van der Waals surface area contributed by atoms with Crippen LogP contribution in [0.3, 0.4) is 0 Å². The number of hydrogen-bond donors (Lipinski definition) is 1. The first-order valence-electron chi connectivity index (χ1n) is 5.97. The van der Waals surface area contributed by atoms with E-state index in [9.17, 15) is 0 Å². The van der Waals surface area contributed by atoms with E-state index in [0.717, 1.165) is 22.3 Å². The summed E-state index contributed by atoms with van der Waals surface area (Å²) in [6.07, 6.45) is 1.72. The number of fused-ring (bicyclic) bond motifs is 1. The Labute approximate surface area is 116 Å². The average molecular weight is 270 g/mol. The molecule has 3 nitrogen and oxygen atoms in total. The van der Waals surface area contributed by atoms with Gasteiger partial charge in [0.1, 0.15) is 0 Å². The molecule has 1 heterocycles. The quantitative estimate of drug-likeness (QED) is 0.776. The highest BCUT2D eigenvalue weighted by Crippen LogP contribution is 2.21. The summed E-state index contributed by atoms with van der Waals surface area (Å²) in [6.45, 7) is 0. The largest absolute Gasteiger partial charge is 0.319 e. The Kier molecular flexibility index (Phi) is 3.15. The molecule has 0 aliphatic rings. The Balaban J connectivity index is 2.04. The van der Waals surface area contributed by atoms with Crippen LogP contribution in [0.5, 0.6) is 0 Å². The zero-order valence-electron chi connectivity index (χ0n) is 10.1. The van der Waals surface area contributed by atoms with Crippen molar-refractivity contribution in [3.8, 4) is 0 Å². The molecule has 1 aromatic heterocycles. The van der Waals surface area contributed by atoms with Crippen molar-refractivity contribution in [1.82, 2.24) is 9.97 Å². The Bertz CT molecular complexity index is 727. The van der Waals surface area contributed by atoms with Crippen LogP contribution in [0.2, 0.25) is 5.02 Å². The van der Waals surface area contributed by atoms with E-state index in [1.807, 2.05) is 48.5 Å². The van der Waals surface area contributed by atoms with E-state index in [-0.39, 0.29) is 6.04 Å². The summed E-state index contributed by atoms with van der Waals surface area (Å²) in [4.78, 5) is 8.93. The topological polar surface area (TPSA) is 51.8 Å². The number of nitrogens with zero attached hydrogens (tertiary/aromatic N) is 2. The van der Waals surface area contributed by atoms with Crippen LogP contribution in [-0.2, 0) is 0 Å². The van der Waals surface area contributed by atoms with Crippen molar-refractivity contribution < 1.29 is 0 Å². The lowest BCUT2D eigenvalue weighted by Gasteiger charge is -2.12. The molecule has 2 aromatic carbocycles. The molecule has 0 spiro atoms. The highest BCUT2D eigenvalue weighted by Gasteiger charge is 2.11. The number of para-hydroxylation sites is 2. The van der Waals surface area contributed by atoms with Gasteiger partial charge in [-0.05, 0) is 29.8 Å². The minimum atomic E-state index is -0.323. The number of halogens is 1. The molecule has 2 N–H and O–H groups in total. The molecule has 0 bridgehead atoms. The number of nitrogens with two attached hydrogens (primary N) is 1. The van der Waals surface area contributed by atoms with Gasteiger partial charge in [0.05, 0.1) is 29.0 Å². The van der Waals surface area contributed by atoms with Gasteiger partial charge in [-0.1, -0.05) is 35.9 Å². The number of benzene rings is 2. The van der Waals surface area contributed by atoms with Gasteiger partial charge in [0, 0.05) is 5.02 Å². The van der Waals surface area contributed by atoms with Crippen molar-refractivity contribution in [3.63, 3.8) is 0 Å². The molecule has 94 valence electrons. The van der Waals surface area contributed by atoms with E-state index >= 15 is 0 Å². The molecular formula is C15H12ClN3. The molecule has 0 fully saturated rings. The Morgan fingerprint density at radius 1 is 1.00 bits per heavy atom. The first kappa shape index (κ1) is 12.1. The Morgan fingerprint density at radius 3 is 2.58 bits per heavy atom. The molecular weight excluding hydrogens is 258 g/mol. The van der Waals surface area contributed by atoms with Gasteiger partial charge >= 0.3 is 0 Å². The standard InChI is InChI=1S/C15H12ClN3/c16-11-5-3-4-10(8-11)15(17)14-9-18-12-6-1-2-7-13(12)19-14/h1-9,15H,17H2. The van der Waals surface area contributed by atoms with Gasteiger partial charge in [0.15, 0.2) is 0 Å². The monoisotopic (exact) mass is 269 g/mol. The van der Waals surface area contributed by atoms with Crippen LogP contribution in [0.1, 0.15) is 17.3 Å². The second-order valence-corrected chi connectivity index (χ2v) is 4.75. The van der Waals surface area contributed by atoms with Crippen molar-refractivity contribution in [1.29, 1.82) is 0 Å². The maximum Gasteiger partial charge on any atom is 0.0890 e. The maximum atomic E-state index is 6.22. The fourth-order valence-corrected chi connectivity index (χ4v) is 2.19. The molecule has 1 unspecified atom stereocenters. The van der Waals surface area contributed by atoms with E-state index in [1.165, 1.54) is 0 Å². The van der Waals surface area contributed by atoms with Crippen molar-refractivity contribution in [2.75, 3.05) is 0 Å². The molecule has 1 atom stereocenters. The summed E-state index contributed by atoms with van der Waals surface area (Å²) in [5, 5.41) is 0.668. The maximum absolute atomic E-state index is 6.22. The lowest BCUT2D eigenvalue weighted by atomic mass is 10.1. The van der Waals surface area contributed by atoms with E-state index in [2.05, 4.69) is 9.97 Å². The van der Waals surface area contributed by atoms with Crippen molar-refractivity contribution in [3.05, 3.63) is 71.0 Å². The molecule has 3 aromatic rings. The van der Waals surface area contributed by atoms with Crippen LogP contribution >= 0.6 is 11.6 Å². The number of rotatable bonds is 2. The minimum absolute atomic E-state index is 0.323. The van der Waals surface area contributed by atoms with Gasteiger partial charge in [-0.3, -0.25) is 4.98 Å². The van der Waals surface area contributed by atoms with Crippen molar-refractivity contribution >= 4 is 22.6 Å². The SMILES string of the molecule is NC(c1cccc(Cl)c1)c1cnc2ccccc2n1. The molecule has 4 heteroatoms. The van der Waals surface area contributed by atoms with Crippen LogP contribution in [-0.4, -0.2) is 9.97 Å². The highest BCUT2D eigenvalue weighted by molar-refractivity contribution is 6.30. The smallest absolute Gasteiger partial charge is 0.0890 e. The minimum Gasteiger partial charge on any atom is -0.319 e. The lowest BCUT2D eigenvalue weighted by Crippen LogP contribution is -2.14. The lowest BCUT2D eigenvalue weighted by molar-refractivity contribution is 0.828. The fourth-order valence-electron chi connectivity index (χ4n) is 1.99. The Hall–Kier alpha value is -1.97. The van der Waals surface area contributed by atoms with Gasteiger partial charge in [-0.25, -0.2) is 4.98 Å². The molecule has 0 aliphatic carbocycles. The van der Waals surface area contributed by atoms with Gasteiger partial charge in [0.2, 0.25) is 0 Å². The van der Waals surface area contributed by atoms with Crippen LogP contribution in [0, 0.1) is 0 Å². The van der Waals surface area contributed by atoms with Crippen LogP contribution in [0.4, 0.5) is 0 Å². The third kappa shape index (κ3) is 2.43. The predicted molar refractivity (Wildman–Crippen MR) is 77.0 cm³/mol.